The number of hydrogen-bond acceptors (Lipinski definition) is 3. The summed E-state index contributed by atoms with van der Waals surface area (Å²) in [5.74, 6) is -1.34. The Bertz CT molecular complexity index is 707. The lowest BCUT2D eigenvalue weighted by Crippen LogP contribution is -2.48. The highest BCUT2D eigenvalue weighted by Crippen LogP contribution is 2.16. The average Bonchev–Trinajstić information content (AvgIpc) is 3.08. The highest BCUT2D eigenvalue weighted by Gasteiger charge is 2.25. The third-order valence-electron chi connectivity index (χ3n) is 10.2. The van der Waals surface area contributed by atoms with E-state index in [0.29, 0.717) is 13.1 Å². The van der Waals surface area contributed by atoms with Crippen LogP contribution in [0.3, 0.4) is 0 Å². The van der Waals surface area contributed by atoms with Crippen LogP contribution in [0.4, 0.5) is 0 Å². The summed E-state index contributed by atoms with van der Waals surface area (Å²) in [6.07, 6.45) is 42.2. The highest BCUT2D eigenvalue weighted by molar-refractivity contribution is 5.87. The van der Waals surface area contributed by atoms with Crippen molar-refractivity contribution in [2.45, 2.75) is 245 Å². The summed E-state index contributed by atoms with van der Waals surface area (Å²) in [7, 11) is 0. The van der Waals surface area contributed by atoms with Crippen LogP contribution in [0.1, 0.15) is 239 Å². The van der Waals surface area contributed by atoms with Crippen molar-refractivity contribution in [1.29, 1.82) is 0 Å². The number of carbonyl (C=O) groups is 3. The Morgan fingerprint density at radius 1 is 0.469 bits per heavy atom. The number of rotatable bonds is 39. The topological polar surface area (TPSA) is 86.7 Å². The first-order valence-corrected chi connectivity index (χ1v) is 21.7. The minimum absolute atomic E-state index is 0.113. The van der Waals surface area contributed by atoms with E-state index in [1.807, 2.05) is 4.90 Å². The molecule has 0 heterocycles. The molecular formula is C43H84N2O4. The van der Waals surface area contributed by atoms with Crippen molar-refractivity contribution in [3.8, 4) is 0 Å². The summed E-state index contributed by atoms with van der Waals surface area (Å²) in [5.41, 5.74) is 0. The molecule has 6 nitrogen and oxygen atoms in total. The van der Waals surface area contributed by atoms with Crippen LogP contribution in [0.5, 0.6) is 0 Å². The van der Waals surface area contributed by atoms with Gasteiger partial charge in [-0.25, -0.2) is 0 Å². The molecule has 290 valence electrons. The van der Waals surface area contributed by atoms with Crippen LogP contribution in [0, 0.1) is 0 Å². The summed E-state index contributed by atoms with van der Waals surface area (Å²) in [4.78, 5) is 38.5. The third-order valence-corrected chi connectivity index (χ3v) is 10.2. The number of amides is 2. The zero-order chi connectivity index (χ0) is 36.0. The molecule has 0 aromatic heterocycles. The molecule has 0 rings (SSSR count). The second kappa shape index (κ2) is 37.7. The zero-order valence-corrected chi connectivity index (χ0v) is 33.2. The van der Waals surface area contributed by atoms with Crippen molar-refractivity contribution in [2.24, 2.45) is 0 Å². The highest BCUT2D eigenvalue weighted by atomic mass is 16.4. The van der Waals surface area contributed by atoms with Crippen LogP contribution >= 0.6 is 0 Å². The normalized spacial score (nSPS) is 11.9. The summed E-state index contributed by atoms with van der Waals surface area (Å²) in [5, 5.41) is 11.9. The molecule has 0 aliphatic rings. The molecule has 0 saturated carbocycles. The van der Waals surface area contributed by atoms with E-state index in [2.05, 4.69) is 19.2 Å². The number of aliphatic carboxylic acids is 1. The molecular weight excluding hydrogens is 608 g/mol. The van der Waals surface area contributed by atoms with Crippen LogP contribution in [0.25, 0.3) is 0 Å². The Morgan fingerprint density at radius 2 is 0.735 bits per heavy atom. The van der Waals surface area contributed by atoms with E-state index in [1.165, 1.54) is 187 Å². The lowest BCUT2D eigenvalue weighted by atomic mass is 10.0. The number of carboxylic acid groups (broad SMARTS) is 1. The van der Waals surface area contributed by atoms with Gasteiger partial charge in [0.2, 0.25) is 11.8 Å². The molecule has 6 heteroatoms. The molecule has 0 aromatic rings. The summed E-state index contributed by atoms with van der Waals surface area (Å²) in [6, 6.07) is -0.754. The molecule has 0 radical (unpaired) electrons. The van der Waals surface area contributed by atoms with Crippen molar-refractivity contribution >= 4 is 17.8 Å². The monoisotopic (exact) mass is 693 g/mol. The Morgan fingerprint density at radius 3 is 0.980 bits per heavy atom. The molecule has 2 amide bonds. The molecule has 1 atom stereocenters. The number of carboxylic acids is 1. The number of nitrogens with one attached hydrogen (secondary N) is 1. The molecule has 0 spiro atoms. The summed E-state index contributed by atoms with van der Waals surface area (Å²) >= 11 is 0. The lowest BCUT2D eigenvalue weighted by molar-refractivity contribution is -0.139. The van der Waals surface area contributed by atoms with E-state index < -0.39 is 12.0 Å². The van der Waals surface area contributed by atoms with E-state index in [-0.39, 0.29) is 24.7 Å². The average molecular weight is 693 g/mol. The van der Waals surface area contributed by atoms with Gasteiger partial charge in [0.05, 0.1) is 0 Å². The second-order valence-corrected chi connectivity index (χ2v) is 15.1. The maximum Gasteiger partial charge on any atom is 0.303 e. The summed E-state index contributed by atoms with van der Waals surface area (Å²) < 4.78 is 0. The smallest absolute Gasteiger partial charge is 0.303 e. The predicted molar refractivity (Wildman–Crippen MR) is 210 cm³/mol. The van der Waals surface area contributed by atoms with Crippen LogP contribution in [0.15, 0.2) is 0 Å². The van der Waals surface area contributed by atoms with Gasteiger partial charge in [-0.1, -0.05) is 206 Å². The maximum atomic E-state index is 13.5. The van der Waals surface area contributed by atoms with Crippen molar-refractivity contribution in [1.82, 2.24) is 10.2 Å². The quantitative estimate of drug-likeness (QED) is 0.0628. The Hall–Kier alpha value is -1.59. The number of unbranched alkanes of at least 4 members (excludes halogenated alkanes) is 30. The minimum Gasteiger partial charge on any atom is -0.481 e. The lowest BCUT2D eigenvalue weighted by Gasteiger charge is -2.28. The van der Waals surface area contributed by atoms with Gasteiger partial charge >= 0.3 is 5.97 Å². The molecule has 0 aliphatic heterocycles. The van der Waals surface area contributed by atoms with Crippen molar-refractivity contribution < 1.29 is 19.5 Å². The largest absolute Gasteiger partial charge is 0.481 e. The fourth-order valence-corrected chi connectivity index (χ4v) is 7.02. The zero-order valence-electron chi connectivity index (χ0n) is 33.2. The van der Waals surface area contributed by atoms with Gasteiger partial charge in [-0.2, -0.15) is 0 Å². The number of nitrogens with zero attached hydrogens (tertiary/aromatic N) is 1. The van der Waals surface area contributed by atoms with Crippen LogP contribution in [-0.2, 0) is 14.4 Å². The Labute approximate surface area is 305 Å². The van der Waals surface area contributed by atoms with E-state index >= 15 is 0 Å². The minimum atomic E-state index is -0.940. The molecule has 2 N–H and O–H groups in total. The van der Waals surface area contributed by atoms with Gasteiger partial charge in [0, 0.05) is 26.4 Å². The van der Waals surface area contributed by atoms with Gasteiger partial charge in [0.15, 0.2) is 0 Å². The molecule has 0 unspecified atom stereocenters. The van der Waals surface area contributed by atoms with Gasteiger partial charge in [-0.3, -0.25) is 14.4 Å². The van der Waals surface area contributed by atoms with Gasteiger partial charge < -0.3 is 15.3 Å². The molecule has 49 heavy (non-hydrogen) atoms. The van der Waals surface area contributed by atoms with E-state index in [9.17, 15) is 19.5 Å². The van der Waals surface area contributed by atoms with Gasteiger partial charge in [-0.15, -0.1) is 0 Å². The van der Waals surface area contributed by atoms with Crippen LogP contribution in [0.2, 0.25) is 0 Å². The van der Waals surface area contributed by atoms with Crippen molar-refractivity contribution in [3.63, 3.8) is 0 Å². The maximum absolute atomic E-state index is 13.5. The van der Waals surface area contributed by atoms with Crippen molar-refractivity contribution in [2.75, 3.05) is 13.1 Å². The first-order valence-electron chi connectivity index (χ1n) is 21.7. The SMILES string of the molecule is CCCCCCCCCCCCCCCCCCN(CCCCCCCCCCCCCCCCCC)C(=O)[C@H](CCC(=O)O)NC(C)=O. The van der Waals surface area contributed by atoms with Crippen LogP contribution in [-0.4, -0.2) is 46.9 Å². The van der Waals surface area contributed by atoms with Crippen molar-refractivity contribution in [3.05, 3.63) is 0 Å². The van der Waals surface area contributed by atoms with E-state index in [0.717, 1.165) is 25.7 Å². The third kappa shape index (κ3) is 34.6. The van der Waals surface area contributed by atoms with Crippen LogP contribution < -0.4 is 5.32 Å². The summed E-state index contributed by atoms with van der Waals surface area (Å²) in [6.45, 7) is 7.34. The van der Waals surface area contributed by atoms with E-state index in [4.69, 9.17) is 0 Å². The number of hydrogen-bond donors (Lipinski definition) is 2. The first-order chi connectivity index (χ1) is 23.9. The fourth-order valence-electron chi connectivity index (χ4n) is 7.02. The first kappa shape index (κ1) is 47.4. The van der Waals surface area contributed by atoms with E-state index in [1.54, 1.807) is 0 Å². The fraction of sp³-hybridized carbons (Fsp3) is 0.930. The molecule has 0 fully saturated rings. The molecule has 0 aromatic carbocycles. The van der Waals surface area contributed by atoms with Gasteiger partial charge in [-0.05, 0) is 19.3 Å². The van der Waals surface area contributed by atoms with Gasteiger partial charge in [0.1, 0.15) is 6.04 Å². The number of carbonyl (C=O) groups excluding carboxylic acids is 2. The molecule has 0 aliphatic carbocycles. The second-order valence-electron chi connectivity index (χ2n) is 15.1. The molecule has 0 saturated heterocycles. The standard InChI is InChI=1S/C43H84N2O4/c1-4-6-8-10-12-14-16-18-20-22-24-26-28-30-32-34-38-45(43(49)41(44-40(3)46)36-37-42(47)48)39-35-33-31-29-27-25-23-21-19-17-15-13-11-9-7-5-2/h41H,4-39H2,1-3H3,(H,44,46)(H,47,48)/t41-/m0/s1. The molecule has 0 bridgehead atoms. The Balaban J connectivity index is 4.24. The van der Waals surface area contributed by atoms with Gasteiger partial charge in [0.25, 0.3) is 0 Å². The Kier molecular flexibility index (Phi) is 36.4. The predicted octanol–water partition coefficient (Wildman–Crippen LogP) is 12.7.